The number of rotatable bonds is 9. The van der Waals surface area contributed by atoms with Crippen LogP contribution in [0.5, 0.6) is 0 Å². The highest BCUT2D eigenvalue weighted by molar-refractivity contribution is 8.14. The average molecular weight is 260 g/mol. The Bertz CT molecular complexity index is 276. The van der Waals surface area contributed by atoms with Crippen LogP contribution in [0.25, 0.3) is 0 Å². The molecule has 0 saturated heterocycles. The highest BCUT2D eigenvalue weighted by Gasteiger charge is 2.15. The predicted molar refractivity (Wildman–Crippen MR) is 68.1 cm³/mol. The van der Waals surface area contributed by atoms with Gasteiger partial charge >= 0.3 is 5.97 Å². The third-order valence-electron chi connectivity index (χ3n) is 2.44. The highest BCUT2D eigenvalue weighted by Crippen LogP contribution is 2.22. The maximum Gasteiger partial charge on any atom is 0.303 e. The zero-order valence-corrected chi connectivity index (χ0v) is 11.2. The van der Waals surface area contributed by atoms with Crippen LogP contribution in [0.4, 0.5) is 0 Å². The Balaban J connectivity index is 3.91. The number of carbonyl (C=O) groups is 3. The molecule has 0 aliphatic rings. The van der Waals surface area contributed by atoms with Crippen molar-refractivity contribution in [1.82, 2.24) is 0 Å². The summed E-state index contributed by atoms with van der Waals surface area (Å²) < 4.78 is 0. The van der Waals surface area contributed by atoms with E-state index in [0.29, 0.717) is 19.3 Å². The van der Waals surface area contributed by atoms with Crippen LogP contribution < -0.4 is 0 Å². The first kappa shape index (κ1) is 16.2. The van der Waals surface area contributed by atoms with Crippen molar-refractivity contribution in [1.29, 1.82) is 0 Å². The molecule has 0 aliphatic heterocycles. The van der Waals surface area contributed by atoms with E-state index in [0.717, 1.165) is 6.42 Å². The Labute approximate surface area is 106 Å². The van der Waals surface area contributed by atoms with Gasteiger partial charge in [0.2, 0.25) is 0 Å². The van der Waals surface area contributed by atoms with Gasteiger partial charge in [0.15, 0.2) is 5.12 Å². The van der Waals surface area contributed by atoms with Gasteiger partial charge in [-0.15, -0.1) is 0 Å². The van der Waals surface area contributed by atoms with Gasteiger partial charge in [0.1, 0.15) is 5.78 Å². The molecule has 0 rings (SSSR count). The molecule has 0 fully saturated rings. The molecule has 5 heteroatoms. The molecule has 4 nitrogen and oxygen atoms in total. The lowest BCUT2D eigenvalue weighted by atomic mass is 10.1. The Morgan fingerprint density at radius 1 is 1.12 bits per heavy atom. The molecule has 17 heavy (non-hydrogen) atoms. The number of aliphatic carboxylic acids is 1. The van der Waals surface area contributed by atoms with Crippen molar-refractivity contribution in [3.63, 3.8) is 0 Å². The molecule has 0 aromatic heterocycles. The van der Waals surface area contributed by atoms with E-state index < -0.39 is 5.97 Å². The van der Waals surface area contributed by atoms with Gasteiger partial charge in [-0.3, -0.25) is 14.4 Å². The Morgan fingerprint density at radius 2 is 1.76 bits per heavy atom. The van der Waals surface area contributed by atoms with E-state index in [9.17, 15) is 14.4 Å². The third kappa shape index (κ3) is 8.92. The number of carboxylic acids is 1. The van der Waals surface area contributed by atoms with Crippen molar-refractivity contribution in [2.45, 2.75) is 57.6 Å². The molecular formula is C12H20O4S. The van der Waals surface area contributed by atoms with Crippen LogP contribution in [0.3, 0.4) is 0 Å². The summed E-state index contributed by atoms with van der Waals surface area (Å²) in [5, 5.41) is 8.49. The van der Waals surface area contributed by atoms with Crippen LogP contribution in [-0.2, 0) is 14.4 Å². The van der Waals surface area contributed by atoms with Crippen molar-refractivity contribution < 1.29 is 19.5 Å². The molecule has 1 N–H and O–H groups in total. The topological polar surface area (TPSA) is 71.4 Å². The number of carbonyl (C=O) groups excluding carboxylic acids is 2. The van der Waals surface area contributed by atoms with Crippen molar-refractivity contribution >= 4 is 28.6 Å². The Kier molecular flexibility index (Phi) is 8.76. The van der Waals surface area contributed by atoms with E-state index in [1.54, 1.807) is 0 Å². The fourth-order valence-corrected chi connectivity index (χ4v) is 2.29. The summed E-state index contributed by atoms with van der Waals surface area (Å²) >= 11 is 1.18. The standard InChI is InChI=1S/C12H20O4S/c1-3-9(13)5-6-10(4-2)17-12(16)8-7-11(14)15/h10H,3-8H2,1-2H3,(H,14,15). The quantitative estimate of drug-likeness (QED) is 0.690. The molecule has 0 radical (unpaired) electrons. The molecule has 0 saturated carbocycles. The molecule has 1 unspecified atom stereocenters. The SMILES string of the molecule is CCC(=O)CCC(CC)SC(=O)CCC(=O)O. The molecule has 0 heterocycles. The van der Waals surface area contributed by atoms with Gasteiger partial charge in [-0.05, 0) is 12.8 Å². The second kappa shape index (κ2) is 9.22. The van der Waals surface area contributed by atoms with E-state index in [1.807, 2.05) is 13.8 Å². The Morgan fingerprint density at radius 3 is 2.24 bits per heavy atom. The minimum absolute atomic E-state index is 0.0677. The summed E-state index contributed by atoms with van der Waals surface area (Å²) in [5.41, 5.74) is 0. The number of ketones is 1. The summed E-state index contributed by atoms with van der Waals surface area (Å²) in [6.45, 7) is 3.80. The van der Waals surface area contributed by atoms with E-state index in [2.05, 4.69) is 0 Å². The van der Waals surface area contributed by atoms with Crippen LogP contribution in [-0.4, -0.2) is 27.2 Å². The van der Waals surface area contributed by atoms with E-state index in [-0.39, 0.29) is 29.0 Å². The first-order chi connectivity index (χ1) is 7.99. The summed E-state index contributed by atoms with van der Waals surface area (Å²) in [5.74, 6) is -0.741. The maximum atomic E-state index is 11.4. The van der Waals surface area contributed by atoms with Gasteiger partial charge < -0.3 is 5.11 Å². The number of hydrogen-bond donors (Lipinski definition) is 1. The van der Waals surface area contributed by atoms with E-state index >= 15 is 0 Å². The van der Waals surface area contributed by atoms with Crippen LogP contribution in [0.1, 0.15) is 52.4 Å². The van der Waals surface area contributed by atoms with Crippen molar-refractivity contribution in [3.05, 3.63) is 0 Å². The lowest BCUT2D eigenvalue weighted by molar-refractivity contribution is -0.138. The van der Waals surface area contributed by atoms with Gasteiger partial charge in [-0.1, -0.05) is 25.6 Å². The summed E-state index contributed by atoms with van der Waals surface area (Å²) in [6, 6.07) is 0. The first-order valence-corrected chi connectivity index (χ1v) is 6.80. The van der Waals surface area contributed by atoms with E-state index in [4.69, 9.17) is 5.11 Å². The molecule has 0 aromatic carbocycles. The predicted octanol–water partition coefficient (Wildman–Crippen LogP) is 2.65. The summed E-state index contributed by atoms with van der Waals surface area (Å²) in [6.07, 6.45) is 2.52. The minimum Gasteiger partial charge on any atom is -0.481 e. The van der Waals surface area contributed by atoms with Gasteiger partial charge in [0, 0.05) is 24.5 Å². The summed E-state index contributed by atoms with van der Waals surface area (Å²) in [7, 11) is 0. The Hall–Kier alpha value is -0.840. The normalized spacial score (nSPS) is 12.1. The van der Waals surface area contributed by atoms with Crippen molar-refractivity contribution in [2.24, 2.45) is 0 Å². The molecule has 0 bridgehead atoms. The lowest BCUT2D eigenvalue weighted by Crippen LogP contribution is -2.09. The lowest BCUT2D eigenvalue weighted by Gasteiger charge is -2.12. The van der Waals surface area contributed by atoms with Crippen LogP contribution in [0.15, 0.2) is 0 Å². The zero-order valence-electron chi connectivity index (χ0n) is 10.4. The largest absolute Gasteiger partial charge is 0.481 e. The van der Waals surface area contributed by atoms with Crippen LogP contribution >= 0.6 is 11.8 Å². The zero-order chi connectivity index (χ0) is 13.3. The number of Topliss-reactive ketones (excluding diaryl/α,β-unsaturated/α-hetero) is 1. The van der Waals surface area contributed by atoms with Crippen LogP contribution in [0, 0.1) is 0 Å². The molecule has 98 valence electrons. The number of hydrogen-bond acceptors (Lipinski definition) is 4. The fraction of sp³-hybridized carbons (Fsp3) is 0.750. The number of thioether (sulfide) groups is 1. The molecule has 0 aromatic rings. The summed E-state index contributed by atoms with van der Waals surface area (Å²) in [4.78, 5) is 32.9. The maximum absolute atomic E-state index is 11.4. The fourth-order valence-electron chi connectivity index (χ4n) is 1.30. The minimum atomic E-state index is -0.951. The van der Waals surface area contributed by atoms with Crippen molar-refractivity contribution in [2.75, 3.05) is 0 Å². The van der Waals surface area contributed by atoms with Crippen molar-refractivity contribution in [3.8, 4) is 0 Å². The number of carboxylic acid groups (broad SMARTS) is 1. The van der Waals surface area contributed by atoms with Gasteiger partial charge in [-0.25, -0.2) is 0 Å². The third-order valence-corrected chi connectivity index (χ3v) is 3.81. The average Bonchev–Trinajstić information content (AvgIpc) is 2.31. The molecule has 1 atom stereocenters. The first-order valence-electron chi connectivity index (χ1n) is 5.92. The highest BCUT2D eigenvalue weighted by atomic mass is 32.2. The monoisotopic (exact) mass is 260 g/mol. The van der Waals surface area contributed by atoms with E-state index in [1.165, 1.54) is 11.8 Å². The van der Waals surface area contributed by atoms with Gasteiger partial charge in [0.25, 0.3) is 0 Å². The second-order valence-electron chi connectivity index (χ2n) is 3.84. The van der Waals surface area contributed by atoms with Crippen LogP contribution in [0.2, 0.25) is 0 Å². The smallest absolute Gasteiger partial charge is 0.303 e. The molecule has 0 aliphatic carbocycles. The van der Waals surface area contributed by atoms with Gasteiger partial charge in [-0.2, -0.15) is 0 Å². The molecule has 0 spiro atoms. The van der Waals surface area contributed by atoms with Gasteiger partial charge in [0.05, 0.1) is 6.42 Å². The second-order valence-corrected chi connectivity index (χ2v) is 5.20. The molecule has 0 amide bonds. The molecular weight excluding hydrogens is 240 g/mol.